The van der Waals surface area contributed by atoms with Gasteiger partial charge in [-0.15, -0.1) is 0 Å². The molecular weight excluding hydrogens is 331 g/mol. The van der Waals surface area contributed by atoms with Crippen molar-refractivity contribution in [2.75, 3.05) is 10.6 Å². The van der Waals surface area contributed by atoms with E-state index in [1.807, 2.05) is 0 Å². The third-order valence-corrected chi connectivity index (χ3v) is 4.66. The van der Waals surface area contributed by atoms with Crippen LogP contribution in [0.25, 0.3) is 0 Å². The number of halogens is 1. The summed E-state index contributed by atoms with van der Waals surface area (Å²) in [7, 11) is 0. The zero-order chi connectivity index (χ0) is 17.1. The minimum absolute atomic E-state index is 0.0165. The van der Waals surface area contributed by atoms with Crippen molar-refractivity contribution in [1.82, 2.24) is 9.36 Å². The van der Waals surface area contributed by atoms with Crippen LogP contribution < -0.4 is 22.1 Å². The van der Waals surface area contributed by atoms with Gasteiger partial charge in [0.05, 0.1) is 17.4 Å². The van der Waals surface area contributed by atoms with Crippen molar-refractivity contribution < 1.29 is 9.18 Å². The summed E-state index contributed by atoms with van der Waals surface area (Å²) in [4.78, 5) is 15.8. The van der Waals surface area contributed by atoms with E-state index >= 15 is 0 Å². The van der Waals surface area contributed by atoms with E-state index in [0.717, 1.165) is 31.7 Å². The lowest BCUT2D eigenvalue weighted by molar-refractivity contribution is 0.100. The van der Waals surface area contributed by atoms with E-state index in [-0.39, 0.29) is 29.3 Å². The highest BCUT2D eigenvalue weighted by molar-refractivity contribution is 7.04. The van der Waals surface area contributed by atoms with Gasteiger partial charge in [0.2, 0.25) is 0 Å². The quantitative estimate of drug-likeness (QED) is 0.656. The molecule has 3 rings (SSSR count). The van der Waals surface area contributed by atoms with Gasteiger partial charge >= 0.3 is 0 Å². The monoisotopic (exact) mass is 350 g/mol. The Hall–Kier alpha value is -2.26. The van der Waals surface area contributed by atoms with Crippen LogP contribution in [0.15, 0.2) is 17.6 Å². The van der Waals surface area contributed by atoms with Crippen LogP contribution in [0.2, 0.25) is 0 Å². The molecule has 0 aliphatic heterocycles. The number of pyridine rings is 1. The maximum absolute atomic E-state index is 14.3. The second kappa shape index (κ2) is 7.10. The van der Waals surface area contributed by atoms with Crippen molar-refractivity contribution in [1.29, 1.82) is 0 Å². The molecular formula is C15H19FN6OS. The fourth-order valence-electron chi connectivity index (χ4n) is 2.79. The first-order valence-corrected chi connectivity index (χ1v) is 8.57. The van der Waals surface area contributed by atoms with Gasteiger partial charge in [0.25, 0.3) is 5.91 Å². The lowest BCUT2D eigenvalue weighted by Gasteiger charge is -2.30. The Bertz CT molecular complexity index is 723. The van der Waals surface area contributed by atoms with Gasteiger partial charge in [0, 0.05) is 17.5 Å². The smallest absolute Gasteiger partial charge is 0.252 e. The molecule has 1 amide bonds. The number of carbonyl (C=O) groups excluding carboxylic acids is 1. The molecule has 24 heavy (non-hydrogen) atoms. The first kappa shape index (κ1) is 16.6. The molecule has 1 fully saturated rings. The molecule has 7 nitrogen and oxygen atoms in total. The van der Waals surface area contributed by atoms with Crippen LogP contribution in [0, 0.1) is 5.82 Å². The molecule has 1 aliphatic rings. The summed E-state index contributed by atoms with van der Waals surface area (Å²) in [5.74, 6) is -1.13. The molecule has 2 aromatic rings. The fraction of sp³-hybridized carbons (Fsp3) is 0.400. The summed E-state index contributed by atoms with van der Waals surface area (Å²) in [6, 6.07) is 0.998. The molecule has 0 bridgehead atoms. The van der Waals surface area contributed by atoms with E-state index in [4.69, 9.17) is 11.5 Å². The van der Waals surface area contributed by atoms with Crippen molar-refractivity contribution in [3.63, 3.8) is 0 Å². The van der Waals surface area contributed by atoms with E-state index in [1.165, 1.54) is 11.5 Å². The number of primary amides is 1. The number of nitrogens with one attached hydrogen (secondary N) is 2. The highest BCUT2D eigenvalue weighted by Gasteiger charge is 2.24. The Morgan fingerprint density at radius 2 is 2.12 bits per heavy atom. The average molecular weight is 350 g/mol. The molecule has 0 saturated heterocycles. The zero-order valence-corrected chi connectivity index (χ0v) is 13.8. The molecule has 1 saturated carbocycles. The van der Waals surface area contributed by atoms with Gasteiger partial charge in [-0.1, -0.05) is 12.8 Å². The molecule has 128 valence electrons. The average Bonchev–Trinajstić information content (AvgIpc) is 3.05. The standard InChI is InChI=1S/C15H19FN6OS/c16-10-5-9(13(18)23)14(20-8-6-19-24-7-8)22-15(10)21-12-4-2-1-3-11(12)17/h5-7,11-12H,1-4,17H2,(H2,18,23)(H2,20,21,22)/t11-,12+/m0/s1. The Kier molecular flexibility index (Phi) is 4.91. The van der Waals surface area contributed by atoms with E-state index in [1.54, 1.807) is 11.6 Å². The molecule has 0 aromatic carbocycles. The second-order valence-corrected chi connectivity index (χ2v) is 6.47. The predicted octanol–water partition coefficient (Wildman–Crippen LogP) is 2.20. The number of hydrogen-bond donors (Lipinski definition) is 4. The lowest BCUT2D eigenvalue weighted by Crippen LogP contribution is -2.43. The van der Waals surface area contributed by atoms with Gasteiger partial charge < -0.3 is 22.1 Å². The van der Waals surface area contributed by atoms with Crippen LogP contribution in [0.3, 0.4) is 0 Å². The highest BCUT2D eigenvalue weighted by Crippen LogP contribution is 2.26. The zero-order valence-electron chi connectivity index (χ0n) is 13.0. The summed E-state index contributed by atoms with van der Waals surface area (Å²) in [6.45, 7) is 0. The van der Waals surface area contributed by atoms with Gasteiger partial charge in [0.15, 0.2) is 11.6 Å². The maximum atomic E-state index is 14.3. The van der Waals surface area contributed by atoms with Crippen molar-refractivity contribution in [3.05, 3.63) is 29.0 Å². The third kappa shape index (κ3) is 3.62. The number of hydrogen-bond acceptors (Lipinski definition) is 7. The maximum Gasteiger partial charge on any atom is 0.252 e. The number of rotatable bonds is 5. The Labute approximate surface area is 142 Å². The third-order valence-electron chi connectivity index (χ3n) is 4.08. The largest absolute Gasteiger partial charge is 0.365 e. The minimum atomic E-state index is -0.756. The molecule has 0 spiro atoms. The first-order valence-electron chi connectivity index (χ1n) is 7.73. The molecule has 2 atom stereocenters. The lowest BCUT2D eigenvalue weighted by atomic mass is 9.91. The van der Waals surface area contributed by atoms with E-state index in [0.29, 0.717) is 5.69 Å². The summed E-state index contributed by atoms with van der Waals surface area (Å²) < 4.78 is 18.3. The van der Waals surface area contributed by atoms with Crippen molar-refractivity contribution in [3.8, 4) is 0 Å². The number of amides is 1. The van der Waals surface area contributed by atoms with E-state index in [9.17, 15) is 9.18 Å². The molecule has 9 heteroatoms. The molecule has 2 heterocycles. The molecule has 2 aromatic heterocycles. The van der Waals surface area contributed by atoms with Crippen molar-refractivity contribution in [2.24, 2.45) is 11.5 Å². The number of nitrogens with two attached hydrogens (primary N) is 2. The molecule has 0 unspecified atom stereocenters. The highest BCUT2D eigenvalue weighted by atomic mass is 32.1. The van der Waals surface area contributed by atoms with Crippen molar-refractivity contribution in [2.45, 2.75) is 37.8 Å². The fourth-order valence-corrected chi connectivity index (χ4v) is 3.26. The first-order chi connectivity index (χ1) is 11.5. The van der Waals surface area contributed by atoms with Gasteiger partial charge in [0.1, 0.15) is 5.82 Å². The van der Waals surface area contributed by atoms with Gasteiger partial charge in [-0.3, -0.25) is 4.79 Å². The van der Waals surface area contributed by atoms with Crippen LogP contribution >= 0.6 is 11.5 Å². The minimum Gasteiger partial charge on any atom is -0.365 e. The topological polar surface area (TPSA) is 119 Å². The van der Waals surface area contributed by atoms with Crippen LogP contribution in [-0.2, 0) is 0 Å². The summed E-state index contributed by atoms with van der Waals surface area (Å²) in [6.07, 6.45) is 5.46. The SMILES string of the molecule is NC(=O)c1cc(F)c(N[C@@H]2CCCC[C@@H]2N)nc1Nc1cnsc1. The summed E-state index contributed by atoms with van der Waals surface area (Å²) in [5.41, 5.74) is 12.1. The second-order valence-electron chi connectivity index (χ2n) is 5.82. The van der Waals surface area contributed by atoms with Crippen LogP contribution in [0.4, 0.5) is 21.7 Å². The summed E-state index contributed by atoms with van der Waals surface area (Å²) >= 11 is 1.25. The Morgan fingerprint density at radius 3 is 2.79 bits per heavy atom. The Morgan fingerprint density at radius 1 is 1.33 bits per heavy atom. The number of carbonyl (C=O) groups is 1. The summed E-state index contributed by atoms with van der Waals surface area (Å²) in [5, 5.41) is 7.77. The molecule has 0 radical (unpaired) electrons. The molecule has 6 N–H and O–H groups in total. The predicted molar refractivity (Wildman–Crippen MR) is 92.0 cm³/mol. The van der Waals surface area contributed by atoms with Gasteiger partial charge in [-0.2, -0.15) is 4.37 Å². The van der Waals surface area contributed by atoms with Crippen LogP contribution in [0.1, 0.15) is 36.0 Å². The Balaban J connectivity index is 1.90. The van der Waals surface area contributed by atoms with E-state index < -0.39 is 11.7 Å². The normalized spacial score (nSPS) is 20.6. The number of anilines is 3. The van der Waals surface area contributed by atoms with Gasteiger partial charge in [-0.25, -0.2) is 9.37 Å². The van der Waals surface area contributed by atoms with Crippen LogP contribution in [0.5, 0.6) is 0 Å². The number of aromatic nitrogens is 2. The van der Waals surface area contributed by atoms with Crippen LogP contribution in [-0.4, -0.2) is 27.3 Å². The van der Waals surface area contributed by atoms with E-state index in [2.05, 4.69) is 20.0 Å². The molecule has 1 aliphatic carbocycles. The van der Waals surface area contributed by atoms with Crippen molar-refractivity contribution >= 4 is 34.8 Å². The van der Waals surface area contributed by atoms with Gasteiger partial charge in [-0.05, 0) is 30.4 Å². The number of nitrogens with zero attached hydrogens (tertiary/aromatic N) is 2.